The number of rotatable bonds is 5. The first-order valence-electron chi connectivity index (χ1n) is 7.44. The van der Waals surface area contributed by atoms with Gasteiger partial charge in [-0.25, -0.2) is 17.7 Å². The van der Waals surface area contributed by atoms with Crippen LogP contribution in [0.15, 0.2) is 47.9 Å². The van der Waals surface area contributed by atoms with Crippen molar-refractivity contribution in [2.24, 2.45) is 0 Å². The third-order valence-electron chi connectivity index (χ3n) is 3.65. The minimum Gasteiger partial charge on any atom is -0.228 e. The molecule has 0 aliphatic carbocycles. The Hall–Kier alpha value is -2.45. The molecule has 25 heavy (non-hydrogen) atoms. The molecular weight excluding hydrogens is 362 g/mol. The number of aromatic nitrogens is 4. The van der Waals surface area contributed by atoms with Crippen molar-refractivity contribution in [2.75, 3.05) is 10.8 Å². The van der Waals surface area contributed by atoms with Gasteiger partial charge in [-0.1, -0.05) is 35.9 Å². The van der Waals surface area contributed by atoms with Crippen molar-refractivity contribution < 1.29 is 8.42 Å². The Morgan fingerprint density at radius 1 is 1.24 bits per heavy atom. The minimum atomic E-state index is -3.83. The summed E-state index contributed by atoms with van der Waals surface area (Å²) < 4.78 is 28.4. The molecule has 0 aliphatic rings. The van der Waals surface area contributed by atoms with Crippen LogP contribution < -0.4 is 4.31 Å². The summed E-state index contributed by atoms with van der Waals surface area (Å²) in [5, 5.41) is 4.75. The van der Waals surface area contributed by atoms with Crippen LogP contribution in [0.1, 0.15) is 11.4 Å². The summed E-state index contributed by atoms with van der Waals surface area (Å²) in [6.45, 7) is 7.18. The molecular formula is C16H16ClN5O2S. The maximum atomic E-state index is 13.0. The Labute approximate surface area is 150 Å². The maximum absolute atomic E-state index is 13.0. The third kappa shape index (κ3) is 2.98. The summed E-state index contributed by atoms with van der Waals surface area (Å²) in [4.78, 5) is 8.68. The molecule has 130 valence electrons. The highest BCUT2D eigenvalue weighted by Crippen LogP contribution is 2.24. The standard InChI is InChI=1S/C16H16ClN5O2S/c1-4-10-21(25(23,24)13-8-6-5-7-9-13)16-19-15-18-11(2)14(17)12(3)22(15)20-16/h4-9H,1,10H2,2-3H3. The second kappa shape index (κ2) is 6.45. The van der Waals surface area contributed by atoms with E-state index in [0.717, 1.165) is 4.31 Å². The number of fused-ring (bicyclic) bond motifs is 1. The van der Waals surface area contributed by atoms with Gasteiger partial charge in [0.15, 0.2) is 0 Å². The van der Waals surface area contributed by atoms with Gasteiger partial charge in [0, 0.05) is 0 Å². The summed E-state index contributed by atoms with van der Waals surface area (Å²) in [5.41, 5.74) is 1.24. The molecule has 0 amide bonds. The lowest BCUT2D eigenvalue weighted by molar-refractivity contribution is 0.591. The van der Waals surface area contributed by atoms with E-state index in [9.17, 15) is 8.42 Å². The Bertz CT molecular complexity index is 1050. The maximum Gasteiger partial charge on any atom is 0.266 e. The molecule has 3 aromatic rings. The van der Waals surface area contributed by atoms with Crippen molar-refractivity contribution >= 4 is 33.4 Å². The van der Waals surface area contributed by atoms with Crippen LogP contribution in [0.2, 0.25) is 5.02 Å². The van der Waals surface area contributed by atoms with Crippen molar-refractivity contribution in [3.05, 3.63) is 59.4 Å². The van der Waals surface area contributed by atoms with Gasteiger partial charge in [0.05, 0.1) is 27.9 Å². The summed E-state index contributed by atoms with van der Waals surface area (Å²) in [5.74, 6) is 0.299. The Kier molecular flexibility index (Phi) is 4.49. The van der Waals surface area contributed by atoms with Gasteiger partial charge in [-0.15, -0.1) is 11.7 Å². The molecule has 0 fully saturated rings. The van der Waals surface area contributed by atoms with E-state index in [-0.39, 0.29) is 23.2 Å². The second-order valence-corrected chi connectivity index (χ2v) is 7.60. The number of anilines is 1. The molecule has 9 heteroatoms. The first kappa shape index (κ1) is 17.4. The predicted molar refractivity (Wildman–Crippen MR) is 96.4 cm³/mol. The summed E-state index contributed by atoms with van der Waals surface area (Å²) in [6, 6.07) is 8.10. The molecule has 0 N–H and O–H groups in total. The highest BCUT2D eigenvalue weighted by Gasteiger charge is 2.28. The van der Waals surface area contributed by atoms with Crippen LogP contribution in [-0.4, -0.2) is 34.5 Å². The third-order valence-corrected chi connectivity index (χ3v) is 5.96. The van der Waals surface area contributed by atoms with Crippen LogP contribution >= 0.6 is 11.6 Å². The van der Waals surface area contributed by atoms with Crippen molar-refractivity contribution in [1.82, 2.24) is 19.6 Å². The van der Waals surface area contributed by atoms with E-state index in [1.807, 2.05) is 0 Å². The highest BCUT2D eigenvalue weighted by atomic mass is 35.5. The molecule has 7 nitrogen and oxygen atoms in total. The monoisotopic (exact) mass is 377 g/mol. The predicted octanol–water partition coefficient (Wildman–Crippen LogP) is 2.78. The molecule has 0 atom stereocenters. The van der Waals surface area contributed by atoms with E-state index in [0.29, 0.717) is 16.4 Å². The van der Waals surface area contributed by atoms with Crippen LogP contribution in [0.3, 0.4) is 0 Å². The number of sulfonamides is 1. The van der Waals surface area contributed by atoms with Gasteiger partial charge >= 0.3 is 0 Å². The molecule has 2 heterocycles. The number of halogens is 1. The first-order chi connectivity index (χ1) is 11.9. The van der Waals surface area contributed by atoms with Gasteiger partial charge in [0.1, 0.15) is 0 Å². The number of benzene rings is 1. The molecule has 2 aromatic heterocycles. The number of hydrogen-bond donors (Lipinski definition) is 0. The van der Waals surface area contributed by atoms with Gasteiger partial charge in [-0.05, 0) is 26.0 Å². The molecule has 0 saturated heterocycles. The number of nitrogens with zero attached hydrogens (tertiary/aromatic N) is 5. The van der Waals surface area contributed by atoms with Gasteiger partial charge in [0.2, 0.25) is 0 Å². The van der Waals surface area contributed by atoms with E-state index >= 15 is 0 Å². The van der Waals surface area contributed by atoms with Crippen LogP contribution in [0.5, 0.6) is 0 Å². The van der Waals surface area contributed by atoms with Crippen molar-refractivity contribution in [2.45, 2.75) is 18.7 Å². The minimum absolute atomic E-state index is 0.0148. The number of hydrogen-bond acceptors (Lipinski definition) is 5. The Morgan fingerprint density at radius 3 is 2.56 bits per heavy atom. The topological polar surface area (TPSA) is 80.5 Å². The van der Waals surface area contributed by atoms with E-state index in [1.165, 1.54) is 22.7 Å². The van der Waals surface area contributed by atoms with Crippen molar-refractivity contribution in [1.29, 1.82) is 0 Å². The summed E-state index contributed by atoms with van der Waals surface area (Å²) in [7, 11) is -3.83. The van der Waals surface area contributed by atoms with Gasteiger partial charge in [-0.3, -0.25) is 0 Å². The smallest absolute Gasteiger partial charge is 0.228 e. The number of aryl methyl sites for hydroxylation is 2. The molecule has 0 spiro atoms. The molecule has 0 unspecified atom stereocenters. The zero-order chi connectivity index (χ0) is 18.2. The molecule has 1 aromatic carbocycles. The van der Waals surface area contributed by atoms with Crippen LogP contribution in [0, 0.1) is 13.8 Å². The lowest BCUT2D eigenvalue weighted by Gasteiger charge is -2.18. The van der Waals surface area contributed by atoms with Crippen molar-refractivity contribution in [3.8, 4) is 0 Å². The SMILES string of the molecule is C=CCN(c1nc2nc(C)c(Cl)c(C)n2n1)S(=O)(=O)c1ccccc1. The van der Waals surface area contributed by atoms with Crippen LogP contribution in [-0.2, 0) is 10.0 Å². The van der Waals surface area contributed by atoms with E-state index in [1.54, 1.807) is 32.0 Å². The van der Waals surface area contributed by atoms with Crippen LogP contribution in [0.25, 0.3) is 5.78 Å². The van der Waals surface area contributed by atoms with E-state index in [4.69, 9.17) is 11.6 Å². The molecule has 0 saturated carbocycles. The van der Waals surface area contributed by atoms with Gasteiger partial charge in [0.25, 0.3) is 21.7 Å². The lowest BCUT2D eigenvalue weighted by Crippen LogP contribution is -2.32. The fraction of sp³-hybridized carbons (Fsp3) is 0.188. The molecule has 0 aliphatic heterocycles. The molecule has 0 bridgehead atoms. The second-order valence-electron chi connectivity index (χ2n) is 5.36. The fourth-order valence-corrected chi connectivity index (χ4v) is 3.85. The quantitative estimate of drug-likeness (QED) is 0.638. The zero-order valence-corrected chi connectivity index (χ0v) is 15.3. The molecule has 3 rings (SSSR count). The van der Waals surface area contributed by atoms with E-state index in [2.05, 4.69) is 21.6 Å². The van der Waals surface area contributed by atoms with Crippen molar-refractivity contribution in [3.63, 3.8) is 0 Å². The fourth-order valence-electron chi connectivity index (χ4n) is 2.37. The summed E-state index contributed by atoms with van der Waals surface area (Å²) in [6.07, 6.45) is 1.48. The van der Waals surface area contributed by atoms with E-state index < -0.39 is 10.0 Å². The van der Waals surface area contributed by atoms with Gasteiger partial charge < -0.3 is 0 Å². The molecule has 0 radical (unpaired) electrons. The average Bonchev–Trinajstić information content (AvgIpc) is 3.01. The van der Waals surface area contributed by atoms with Gasteiger partial charge in [-0.2, -0.15) is 9.50 Å². The zero-order valence-electron chi connectivity index (χ0n) is 13.7. The Balaban J connectivity index is 2.18. The Morgan fingerprint density at radius 2 is 1.92 bits per heavy atom. The largest absolute Gasteiger partial charge is 0.266 e. The summed E-state index contributed by atoms with van der Waals surface area (Å²) >= 11 is 6.19. The first-order valence-corrected chi connectivity index (χ1v) is 9.26. The van der Waals surface area contributed by atoms with Crippen LogP contribution in [0.4, 0.5) is 5.95 Å². The lowest BCUT2D eigenvalue weighted by atomic mass is 10.3. The normalized spacial score (nSPS) is 11.6. The average molecular weight is 378 g/mol. The highest BCUT2D eigenvalue weighted by molar-refractivity contribution is 7.92.